The van der Waals surface area contributed by atoms with E-state index in [4.69, 9.17) is 0 Å². The fraction of sp³-hybridized carbons (Fsp3) is 0.632. The number of aliphatic imine (C=N–C) groups is 1. The van der Waals surface area contributed by atoms with E-state index in [0.29, 0.717) is 18.2 Å². The van der Waals surface area contributed by atoms with Crippen molar-refractivity contribution in [3.8, 4) is 0 Å². The summed E-state index contributed by atoms with van der Waals surface area (Å²) in [7, 11) is 0. The van der Waals surface area contributed by atoms with Crippen LogP contribution in [0.1, 0.15) is 52.0 Å². The molecule has 0 aromatic heterocycles. The van der Waals surface area contributed by atoms with Gasteiger partial charge in [0.25, 0.3) is 0 Å². The van der Waals surface area contributed by atoms with Crippen molar-refractivity contribution >= 4 is 5.96 Å². The minimum Gasteiger partial charge on any atom is -0.393 e. The van der Waals surface area contributed by atoms with Crippen LogP contribution in [0.5, 0.6) is 0 Å². The Balaban J connectivity index is 2.03. The molecule has 1 fully saturated rings. The van der Waals surface area contributed by atoms with Crippen LogP contribution < -0.4 is 10.6 Å². The highest BCUT2D eigenvalue weighted by Gasteiger charge is 2.24. The predicted octanol–water partition coefficient (Wildman–Crippen LogP) is 2.96. The van der Waals surface area contributed by atoms with Crippen molar-refractivity contribution in [2.75, 3.05) is 13.1 Å². The van der Waals surface area contributed by atoms with Gasteiger partial charge in [0.2, 0.25) is 0 Å². The fourth-order valence-corrected chi connectivity index (χ4v) is 3.11. The maximum absolute atomic E-state index is 14.1. The van der Waals surface area contributed by atoms with Crippen LogP contribution in [0.3, 0.4) is 0 Å². The van der Waals surface area contributed by atoms with Gasteiger partial charge < -0.3 is 15.7 Å². The molecular weight excluding hydrogens is 305 g/mol. The second-order valence-electron chi connectivity index (χ2n) is 7.21. The topological polar surface area (TPSA) is 56.7 Å². The SMILES string of the molecule is CCNC(=NCC(C)(C)c1ccccc1F)NC1CCC(O)CC1. The van der Waals surface area contributed by atoms with Gasteiger partial charge in [0, 0.05) is 18.0 Å². The Morgan fingerprint density at radius 2 is 1.92 bits per heavy atom. The van der Waals surface area contributed by atoms with Crippen LogP contribution >= 0.6 is 0 Å². The van der Waals surface area contributed by atoms with Gasteiger partial charge in [-0.1, -0.05) is 32.0 Å². The molecule has 0 radical (unpaired) electrons. The Labute approximate surface area is 144 Å². The minimum atomic E-state index is -0.379. The van der Waals surface area contributed by atoms with Gasteiger partial charge in [-0.2, -0.15) is 0 Å². The molecule has 1 aromatic carbocycles. The van der Waals surface area contributed by atoms with Crippen LogP contribution in [-0.2, 0) is 5.41 Å². The van der Waals surface area contributed by atoms with E-state index in [2.05, 4.69) is 15.6 Å². The lowest BCUT2D eigenvalue weighted by Gasteiger charge is -2.29. The number of hydrogen-bond donors (Lipinski definition) is 3. The molecule has 1 aliphatic rings. The predicted molar refractivity (Wildman–Crippen MR) is 96.8 cm³/mol. The summed E-state index contributed by atoms with van der Waals surface area (Å²) in [5, 5.41) is 16.3. The molecule has 0 unspecified atom stereocenters. The zero-order chi connectivity index (χ0) is 17.6. The third kappa shape index (κ3) is 5.20. The van der Waals surface area contributed by atoms with E-state index >= 15 is 0 Å². The number of rotatable bonds is 5. The monoisotopic (exact) mass is 335 g/mol. The third-order valence-electron chi connectivity index (χ3n) is 4.62. The highest BCUT2D eigenvalue weighted by molar-refractivity contribution is 5.80. The molecule has 0 amide bonds. The number of aliphatic hydroxyl groups excluding tert-OH is 1. The maximum Gasteiger partial charge on any atom is 0.191 e. The number of nitrogens with one attached hydrogen (secondary N) is 2. The van der Waals surface area contributed by atoms with Crippen molar-refractivity contribution < 1.29 is 9.50 Å². The van der Waals surface area contributed by atoms with Crippen molar-refractivity contribution in [3.63, 3.8) is 0 Å². The second-order valence-corrected chi connectivity index (χ2v) is 7.21. The number of halogens is 1. The van der Waals surface area contributed by atoms with Crippen LogP contribution in [0.4, 0.5) is 4.39 Å². The van der Waals surface area contributed by atoms with Crippen LogP contribution in [0.2, 0.25) is 0 Å². The van der Waals surface area contributed by atoms with Gasteiger partial charge in [-0.25, -0.2) is 4.39 Å². The molecule has 3 N–H and O–H groups in total. The zero-order valence-electron chi connectivity index (χ0n) is 15.0. The Morgan fingerprint density at radius 1 is 1.25 bits per heavy atom. The summed E-state index contributed by atoms with van der Waals surface area (Å²) >= 11 is 0. The molecule has 4 nitrogen and oxygen atoms in total. The average molecular weight is 335 g/mol. The second kappa shape index (κ2) is 8.47. The first-order valence-corrected chi connectivity index (χ1v) is 8.90. The van der Waals surface area contributed by atoms with Gasteiger partial charge in [-0.3, -0.25) is 4.99 Å². The molecule has 0 aliphatic heterocycles. The molecule has 0 bridgehead atoms. The lowest BCUT2D eigenvalue weighted by Crippen LogP contribution is -2.45. The largest absolute Gasteiger partial charge is 0.393 e. The standard InChI is InChI=1S/C19H30FN3O/c1-4-21-18(23-14-9-11-15(24)12-10-14)22-13-19(2,3)16-7-5-6-8-17(16)20/h5-8,14-15,24H,4,9-13H2,1-3H3,(H2,21,22,23). The summed E-state index contributed by atoms with van der Waals surface area (Å²) in [6.45, 7) is 7.33. The highest BCUT2D eigenvalue weighted by Crippen LogP contribution is 2.26. The van der Waals surface area contributed by atoms with E-state index in [-0.39, 0.29) is 17.3 Å². The van der Waals surface area contributed by atoms with Crippen LogP contribution in [0.15, 0.2) is 29.3 Å². The first-order chi connectivity index (χ1) is 11.4. The maximum atomic E-state index is 14.1. The molecule has 1 aromatic rings. The van der Waals surface area contributed by atoms with E-state index in [1.807, 2.05) is 32.9 Å². The van der Waals surface area contributed by atoms with E-state index in [1.54, 1.807) is 6.07 Å². The molecule has 1 aliphatic carbocycles. The summed E-state index contributed by atoms with van der Waals surface area (Å²) in [5.41, 5.74) is 0.307. The van der Waals surface area contributed by atoms with Gasteiger partial charge in [0.05, 0.1) is 12.6 Å². The van der Waals surface area contributed by atoms with Gasteiger partial charge >= 0.3 is 0 Å². The van der Waals surface area contributed by atoms with E-state index in [1.165, 1.54) is 6.07 Å². The summed E-state index contributed by atoms with van der Waals surface area (Å²) in [4.78, 5) is 4.68. The molecule has 0 heterocycles. The summed E-state index contributed by atoms with van der Waals surface area (Å²) < 4.78 is 14.1. The van der Waals surface area contributed by atoms with Crippen LogP contribution in [0, 0.1) is 5.82 Å². The molecule has 0 atom stereocenters. The van der Waals surface area contributed by atoms with E-state index in [0.717, 1.165) is 38.2 Å². The van der Waals surface area contributed by atoms with Crippen LogP contribution in [-0.4, -0.2) is 36.3 Å². The molecule has 0 saturated heterocycles. The summed E-state index contributed by atoms with van der Waals surface area (Å²) in [6.07, 6.45) is 3.39. The first-order valence-electron chi connectivity index (χ1n) is 8.90. The van der Waals surface area contributed by atoms with Crippen molar-refractivity contribution in [2.24, 2.45) is 4.99 Å². The number of aliphatic hydroxyl groups is 1. The van der Waals surface area contributed by atoms with Crippen molar-refractivity contribution in [1.29, 1.82) is 0 Å². The zero-order valence-corrected chi connectivity index (χ0v) is 15.0. The van der Waals surface area contributed by atoms with E-state index < -0.39 is 0 Å². The first kappa shape index (κ1) is 18.7. The highest BCUT2D eigenvalue weighted by atomic mass is 19.1. The van der Waals surface area contributed by atoms with Crippen molar-refractivity contribution in [3.05, 3.63) is 35.6 Å². The van der Waals surface area contributed by atoms with Gasteiger partial charge in [0.15, 0.2) is 5.96 Å². The molecule has 24 heavy (non-hydrogen) atoms. The Bertz CT molecular complexity index is 551. The molecule has 1 saturated carbocycles. The van der Waals surface area contributed by atoms with Gasteiger partial charge in [-0.15, -0.1) is 0 Å². The van der Waals surface area contributed by atoms with Gasteiger partial charge in [0.1, 0.15) is 5.82 Å². The Hall–Kier alpha value is -1.62. The summed E-state index contributed by atoms with van der Waals surface area (Å²) in [5.74, 6) is 0.584. The van der Waals surface area contributed by atoms with Gasteiger partial charge in [-0.05, 0) is 44.2 Å². The number of benzene rings is 1. The number of nitrogens with zero attached hydrogens (tertiary/aromatic N) is 1. The molecule has 0 spiro atoms. The van der Waals surface area contributed by atoms with Crippen molar-refractivity contribution in [2.45, 2.75) is 64.0 Å². The Morgan fingerprint density at radius 3 is 2.54 bits per heavy atom. The number of guanidine groups is 1. The third-order valence-corrected chi connectivity index (χ3v) is 4.62. The van der Waals surface area contributed by atoms with E-state index in [9.17, 15) is 9.50 Å². The van der Waals surface area contributed by atoms with Crippen LogP contribution in [0.25, 0.3) is 0 Å². The molecular formula is C19H30FN3O. The molecule has 2 rings (SSSR count). The summed E-state index contributed by atoms with van der Waals surface area (Å²) in [6, 6.07) is 7.23. The normalized spacial score (nSPS) is 22.3. The number of hydrogen-bond acceptors (Lipinski definition) is 2. The average Bonchev–Trinajstić information content (AvgIpc) is 2.55. The smallest absolute Gasteiger partial charge is 0.191 e. The lowest BCUT2D eigenvalue weighted by molar-refractivity contribution is 0.120. The minimum absolute atomic E-state index is 0.164. The quantitative estimate of drug-likeness (QED) is 0.573. The van der Waals surface area contributed by atoms with Crippen molar-refractivity contribution in [1.82, 2.24) is 10.6 Å². The molecule has 5 heteroatoms. The Kier molecular flexibility index (Phi) is 6.60. The lowest BCUT2D eigenvalue weighted by atomic mass is 9.84. The molecule has 134 valence electrons. The fourth-order valence-electron chi connectivity index (χ4n) is 3.11.